The Bertz CT molecular complexity index is 1320. The molecular formula is C27H24N2O7. The lowest BCUT2D eigenvalue weighted by molar-refractivity contribution is -0.149. The maximum absolute atomic E-state index is 12.7. The van der Waals surface area contributed by atoms with Crippen LogP contribution in [0.2, 0.25) is 0 Å². The summed E-state index contributed by atoms with van der Waals surface area (Å²) in [5.41, 5.74) is 1.57. The van der Waals surface area contributed by atoms with E-state index in [1.807, 2.05) is 0 Å². The summed E-state index contributed by atoms with van der Waals surface area (Å²) < 4.78 is 9.92. The Morgan fingerprint density at radius 2 is 1.58 bits per heavy atom. The Labute approximate surface area is 207 Å². The van der Waals surface area contributed by atoms with Crippen molar-refractivity contribution >= 4 is 29.1 Å². The molecule has 0 heterocycles. The van der Waals surface area contributed by atoms with Gasteiger partial charge >= 0.3 is 11.9 Å². The second kappa shape index (κ2) is 12.1. The SMILES string of the molecule is C=C(C)C(=O)OCCOC(=O)Cc1cccc(N=Nc2cc(C(=O)c3ccccc3)c(O)cc2O)c1. The van der Waals surface area contributed by atoms with Crippen LogP contribution in [0, 0.1) is 0 Å². The van der Waals surface area contributed by atoms with Gasteiger partial charge in [0.05, 0.1) is 17.7 Å². The third-order valence-corrected chi connectivity index (χ3v) is 4.83. The van der Waals surface area contributed by atoms with Gasteiger partial charge in [0.15, 0.2) is 5.78 Å². The largest absolute Gasteiger partial charge is 0.507 e. The summed E-state index contributed by atoms with van der Waals surface area (Å²) in [7, 11) is 0. The number of phenols is 2. The van der Waals surface area contributed by atoms with Crippen LogP contribution >= 0.6 is 0 Å². The zero-order valence-corrected chi connectivity index (χ0v) is 19.5. The van der Waals surface area contributed by atoms with Gasteiger partial charge in [-0.25, -0.2) is 4.79 Å². The standard InChI is InChI=1S/C27H24N2O7/c1-17(2)27(34)36-12-11-35-25(32)14-18-7-6-10-20(13-18)28-29-22-15-21(23(30)16-24(22)31)26(33)19-8-4-3-5-9-19/h3-10,13,15-16,30-31H,1,11-12,14H2,2H3. The number of nitrogens with zero attached hydrogens (tertiary/aromatic N) is 2. The first-order valence-electron chi connectivity index (χ1n) is 10.9. The van der Waals surface area contributed by atoms with E-state index < -0.39 is 17.7 Å². The molecular weight excluding hydrogens is 464 g/mol. The predicted octanol–water partition coefficient (Wildman–Crippen LogP) is 4.95. The molecule has 0 aliphatic carbocycles. The molecule has 36 heavy (non-hydrogen) atoms. The molecule has 0 radical (unpaired) electrons. The Balaban J connectivity index is 1.66. The molecule has 0 spiro atoms. The van der Waals surface area contributed by atoms with Gasteiger partial charge in [-0.05, 0) is 30.7 Å². The van der Waals surface area contributed by atoms with Crippen LogP contribution in [-0.4, -0.2) is 41.1 Å². The molecule has 3 aromatic carbocycles. The fourth-order valence-electron chi connectivity index (χ4n) is 3.04. The fourth-order valence-corrected chi connectivity index (χ4v) is 3.04. The second-order valence-corrected chi connectivity index (χ2v) is 7.74. The van der Waals surface area contributed by atoms with Crippen LogP contribution in [0.25, 0.3) is 0 Å². The first kappa shape index (κ1) is 25.8. The van der Waals surface area contributed by atoms with Gasteiger partial charge in [-0.15, -0.1) is 5.11 Å². The van der Waals surface area contributed by atoms with E-state index in [-0.39, 0.29) is 48.0 Å². The zero-order chi connectivity index (χ0) is 26.1. The molecule has 0 fully saturated rings. The van der Waals surface area contributed by atoms with Crippen LogP contribution in [0.4, 0.5) is 11.4 Å². The van der Waals surface area contributed by atoms with E-state index in [1.165, 1.54) is 13.0 Å². The topological polar surface area (TPSA) is 135 Å². The van der Waals surface area contributed by atoms with Crippen molar-refractivity contribution < 1.29 is 34.1 Å². The molecule has 3 rings (SSSR count). The number of carbonyl (C=O) groups excluding carboxylic acids is 3. The molecule has 3 aromatic rings. The number of hydrogen-bond acceptors (Lipinski definition) is 9. The lowest BCUT2D eigenvalue weighted by atomic mass is 10.0. The van der Waals surface area contributed by atoms with Gasteiger partial charge in [-0.2, -0.15) is 5.11 Å². The summed E-state index contributed by atoms with van der Waals surface area (Å²) in [5, 5.41) is 28.4. The highest BCUT2D eigenvalue weighted by atomic mass is 16.6. The third-order valence-electron chi connectivity index (χ3n) is 4.83. The molecule has 0 saturated heterocycles. The van der Waals surface area contributed by atoms with Crippen molar-refractivity contribution in [2.24, 2.45) is 10.2 Å². The number of phenolic OH excluding ortho intramolecular Hbond substituents is 2. The highest BCUT2D eigenvalue weighted by molar-refractivity contribution is 6.11. The van der Waals surface area contributed by atoms with E-state index in [4.69, 9.17) is 9.47 Å². The number of aromatic hydroxyl groups is 2. The van der Waals surface area contributed by atoms with Gasteiger partial charge in [0.25, 0.3) is 0 Å². The molecule has 2 N–H and O–H groups in total. The van der Waals surface area contributed by atoms with E-state index in [2.05, 4.69) is 16.8 Å². The highest BCUT2D eigenvalue weighted by Crippen LogP contribution is 2.35. The van der Waals surface area contributed by atoms with Crippen LogP contribution in [0.15, 0.2) is 89.1 Å². The number of carbonyl (C=O) groups is 3. The molecule has 0 bridgehead atoms. The predicted molar refractivity (Wildman–Crippen MR) is 131 cm³/mol. The minimum atomic E-state index is -0.555. The van der Waals surface area contributed by atoms with Crippen molar-refractivity contribution in [3.05, 3.63) is 95.6 Å². The molecule has 0 aromatic heterocycles. The van der Waals surface area contributed by atoms with Crippen LogP contribution in [-0.2, 0) is 25.5 Å². The van der Waals surface area contributed by atoms with Crippen molar-refractivity contribution in [2.45, 2.75) is 13.3 Å². The van der Waals surface area contributed by atoms with Gasteiger partial charge in [0.2, 0.25) is 0 Å². The highest BCUT2D eigenvalue weighted by Gasteiger charge is 2.17. The van der Waals surface area contributed by atoms with Crippen LogP contribution in [0.3, 0.4) is 0 Å². The Morgan fingerprint density at radius 3 is 2.31 bits per heavy atom. The summed E-state index contributed by atoms with van der Waals surface area (Å²) >= 11 is 0. The number of ketones is 1. The first-order chi connectivity index (χ1) is 17.2. The van der Waals surface area contributed by atoms with Gasteiger partial charge in [0, 0.05) is 17.2 Å². The smallest absolute Gasteiger partial charge is 0.333 e. The second-order valence-electron chi connectivity index (χ2n) is 7.74. The first-order valence-corrected chi connectivity index (χ1v) is 10.9. The lowest BCUT2D eigenvalue weighted by Crippen LogP contribution is -2.15. The van der Waals surface area contributed by atoms with Crippen molar-refractivity contribution in [1.29, 1.82) is 0 Å². The monoisotopic (exact) mass is 488 g/mol. The number of benzene rings is 3. The molecule has 0 unspecified atom stereocenters. The molecule has 0 aliphatic heterocycles. The number of esters is 2. The van der Waals surface area contributed by atoms with E-state index in [0.29, 0.717) is 16.8 Å². The molecule has 184 valence electrons. The van der Waals surface area contributed by atoms with E-state index in [0.717, 1.165) is 6.07 Å². The number of ether oxygens (including phenoxy) is 2. The maximum Gasteiger partial charge on any atom is 0.333 e. The summed E-state index contributed by atoms with van der Waals surface area (Å²) in [6.07, 6.45) is -0.0437. The van der Waals surface area contributed by atoms with Gasteiger partial charge in [-0.1, -0.05) is 49.0 Å². The molecule has 0 aliphatic rings. The Kier molecular flexibility index (Phi) is 8.66. The number of rotatable bonds is 10. The summed E-state index contributed by atoms with van der Waals surface area (Å²) in [6.45, 7) is 4.83. The lowest BCUT2D eigenvalue weighted by Gasteiger charge is -2.07. The van der Waals surface area contributed by atoms with E-state index >= 15 is 0 Å². The van der Waals surface area contributed by atoms with Crippen LogP contribution in [0.5, 0.6) is 11.5 Å². The van der Waals surface area contributed by atoms with Crippen LogP contribution in [0.1, 0.15) is 28.4 Å². The van der Waals surface area contributed by atoms with Gasteiger partial charge in [0.1, 0.15) is 30.4 Å². The fraction of sp³-hybridized carbons (Fsp3) is 0.148. The average Bonchev–Trinajstić information content (AvgIpc) is 2.86. The van der Waals surface area contributed by atoms with Crippen molar-refractivity contribution in [3.63, 3.8) is 0 Å². The van der Waals surface area contributed by atoms with Crippen LogP contribution < -0.4 is 0 Å². The minimum absolute atomic E-state index is 0.0128. The Hall–Kier alpha value is -4.79. The molecule has 0 atom stereocenters. The quantitative estimate of drug-likeness (QED) is 0.136. The molecule has 9 nitrogen and oxygen atoms in total. The third kappa shape index (κ3) is 7.10. The number of azo groups is 1. The summed E-state index contributed by atoms with van der Waals surface area (Å²) in [5.74, 6) is -2.24. The van der Waals surface area contributed by atoms with Crippen molar-refractivity contribution in [2.75, 3.05) is 13.2 Å². The maximum atomic E-state index is 12.7. The zero-order valence-electron chi connectivity index (χ0n) is 19.5. The van der Waals surface area contributed by atoms with E-state index in [9.17, 15) is 24.6 Å². The average molecular weight is 488 g/mol. The normalized spacial score (nSPS) is 10.7. The van der Waals surface area contributed by atoms with Crippen molar-refractivity contribution in [3.8, 4) is 11.5 Å². The number of hydrogen-bond donors (Lipinski definition) is 2. The molecule has 0 amide bonds. The van der Waals surface area contributed by atoms with Gasteiger partial charge < -0.3 is 19.7 Å². The van der Waals surface area contributed by atoms with Crippen molar-refractivity contribution in [1.82, 2.24) is 0 Å². The molecule has 9 heteroatoms. The minimum Gasteiger partial charge on any atom is -0.507 e. The summed E-state index contributed by atoms with van der Waals surface area (Å²) in [4.78, 5) is 36.1. The Morgan fingerprint density at radius 1 is 0.861 bits per heavy atom. The molecule has 0 saturated carbocycles. The van der Waals surface area contributed by atoms with E-state index in [1.54, 1.807) is 54.6 Å². The summed E-state index contributed by atoms with van der Waals surface area (Å²) in [6, 6.07) is 17.3. The van der Waals surface area contributed by atoms with Gasteiger partial charge in [-0.3, -0.25) is 9.59 Å².